The maximum atomic E-state index is 5.80. The van der Waals surface area contributed by atoms with Crippen LogP contribution in [0.2, 0.25) is 0 Å². The van der Waals surface area contributed by atoms with E-state index in [0.29, 0.717) is 6.10 Å². The summed E-state index contributed by atoms with van der Waals surface area (Å²) in [6.45, 7) is 2.15. The van der Waals surface area contributed by atoms with E-state index in [0.717, 1.165) is 0 Å². The highest BCUT2D eigenvalue weighted by molar-refractivity contribution is 8.35. The van der Waals surface area contributed by atoms with Gasteiger partial charge >= 0.3 is 0 Å². The highest BCUT2D eigenvalue weighted by atomic mass is 32.3. The summed E-state index contributed by atoms with van der Waals surface area (Å²) in [5, 5.41) is 0. The second-order valence-corrected chi connectivity index (χ2v) is 6.95. The molecule has 1 nitrogen and oxygen atoms in total. The van der Waals surface area contributed by atoms with E-state index in [1.54, 1.807) is 0 Å². The van der Waals surface area contributed by atoms with Crippen molar-refractivity contribution in [2.24, 2.45) is 0 Å². The van der Waals surface area contributed by atoms with Crippen LogP contribution >= 0.6 is 35.3 Å². The fourth-order valence-electron chi connectivity index (χ4n) is 1.06. The van der Waals surface area contributed by atoms with E-state index >= 15 is 0 Å². The summed E-state index contributed by atoms with van der Waals surface area (Å²) in [4.78, 5) is 0. The average molecular weight is 194 g/mol. The van der Waals surface area contributed by atoms with Gasteiger partial charge in [-0.3, -0.25) is 0 Å². The number of ether oxygens (including phenoxy) is 1. The molecule has 2 heterocycles. The molecular weight excluding hydrogens is 184 g/mol. The molecule has 4 heteroatoms. The van der Waals surface area contributed by atoms with Gasteiger partial charge in [0.05, 0.1) is 6.10 Å². The van der Waals surface area contributed by atoms with Crippen LogP contribution in [0.1, 0.15) is 6.92 Å². The summed E-state index contributed by atoms with van der Waals surface area (Å²) in [6.07, 6.45) is 0.461. The molecule has 10 heavy (non-hydrogen) atoms. The van der Waals surface area contributed by atoms with Crippen molar-refractivity contribution in [3.63, 3.8) is 0 Å². The Morgan fingerprint density at radius 2 is 2.00 bits per heavy atom. The Labute approximate surface area is 74.0 Å². The van der Waals surface area contributed by atoms with Gasteiger partial charge in [-0.25, -0.2) is 0 Å². The molecular formula is C6H10OS3. The van der Waals surface area contributed by atoms with Crippen LogP contribution in [0.25, 0.3) is 0 Å². The molecule has 2 aliphatic heterocycles. The second kappa shape index (κ2) is 2.81. The van der Waals surface area contributed by atoms with Crippen molar-refractivity contribution in [3.8, 4) is 0 Å². The van der Waals surface area contributed by atoms with E-state index in [9.17, 15) is 0 Å². The van der Waals surface area contributed by atoms with E-state index < -0.39 is 0 Å². The first-order chi connectivity index (χ1) is 4.81. The van der Waals surface area contributed by atoms with Crippen LogP contribution in [0.3, 0.4) is 0 Å². The number of hydrogen-bond donors (Lipinski definition) is 0. The zero-order valence-electron chi connectivity index (χ0n) is 5.83. The van der Waals surface area contributed by atoms with Crippen LogP contribution < -0.4 is 0 Å². The number of thioether (sulfide) groups is 3. The van der Waals surface area contributed by atoms with Crippen molar-refractivity contribution in [1.82, 2.24) is 0 Å². The minimum Gasteiger partial charge on any atom is -0.342 e. The Morgan fingerprint density at radius 1 is 1.30 bits per heavy atom. The molecule has 0 aromatic carbocycles. The Kier molecular flexibility index (Phi) is 2.15. The molecule has 58 valence electrons. The van der Waals surface area contributed by atoms with E-state index in [4.69, 9.17) is 4.74 Å². The Bertz CT molecular complexity index is 133. The van der Waals surface area contributed by atoms with Crippen molar-refractivity contribution >= 4 is 35.3 Å². The third-order valence-corrected chi connectivity index (χ3v) is 6.66. The topological polar surface area (TPSA) is 9.23 Å². The van der Waals surface area contributed by atoms with E-state index in [1.165, 1.54) is 17.3 Å². The fourth-order valence-corrected chi connectivity index (χ4v) is 5.84. The molecule has 0 radical (unpaired) electrons. The molecule has 2 aliphatic rings. The Morgan fingerprint density at radius 3 is 2.50 bits per heavy atom. The lowest BCUT2D eigenvalue weighted by molar-refractivity contribution is 0.106. The summed E-state index contributed by atoms with van der Waals surface area (Å²) in [7, 11) is 0. The lowest BCUT2D eigenvalue weighted by atomic mass is 10.5. The third-order valence-electron chi connectivity index (χ3n) is 1.48. The second-order valence-electron chi connectivity index (χ2n) is 2.44. The Hall–Kier alpha value is 1.01. The smallest absolute Gasteiger partial charge is 0.209 e. The molecule has 2 rings (SSSR count). The quantitative estimate of drug-likeness (QED) is 0.584. The van der Waals surface area contributed by atoms with Gasteiger partial charge in [0.15, 0.2) is 0 Å². The van der Waals surface area contributed by atoms with Gasteiger partial charge in [0.25, 0.3) is 0 Å². The minimum atomic E-state index is 0.111. The molecule has 0 aliphatic carbocycles. The van der Waals surface area contributed by atoms with Gasteiger partial charge in [-0.05, 0) is 6.92 Å². The summed E-state index contributed by atoms with van der Waals surface area (Å²) in [6, 6.07) is 0. The summed E-state index contributed by atoms with van der Waals surface area (Å²) < 4.78 is 5.91. The fraction of sp³-hybridized carbons (Fsp3) is 1.00. The highest BCUT2D eigenvalue weighted by Gasteiger charge is 2.43. The zero-order valence-corrected chi connectivity index (χ0v) is 8.28. The molecule has 0 saturated carbocycles. The maximum Gasteiger partial charge on any atom is 0.209 e. The van der Waals surface area contributed by atoms with Crippen molar-refractivity contribution in [2.45, 2.75) is 16.6 Å². The van der Waals surface area contributed by atoms with Gasteiger partial charge in [-0.15, -0.1) is 35.3 Å². The lowest BCUT2D eigenvalue weighted by Gasteiger charge is -2.18. The highest BCUT2D eigenvalue weighted by Crippen LogP contribution is 2.56. The third kappa shape index (κ3) is 1.31. The first-order valence-corrected chi connectivity index (χ1v) is 6.36. The van der Waals surface area contributed by atoms with Crippen LogP contribution in [0.4, 0.5) is 0 Å². The first-order valence-electron chi connectivity index (χ1n) is 3.40. The van der Waals surface area contributed by atoms with Crippen molar-refractivity contribution in [1.29, 1.82) is 0 Å². The van der Waals surface area contributed by atoms with Gasteiger partial charge in [-0.1, -0.05) is 0 Å². The SMILES string of the molecule is CC1CSC2(O1)SCCS2. The molecule has 0 aromatic heterocycles. The van der Waals surface area contributed by atoms with Gasteiger partial charge in [0.2, 0.25) is 3.60 Å². The zero-order chi connectivity index (χ0) is 7.03. The normalized spacial score (nSPS) is 37.5. The summed E-state index contributed by atoms with van der Waals surface area (Å²) in [5.74, 6) is 3.68. The molecule has 1 atom stereocenters. The maximum absolute atomic E-state index is 5.80. The van der Waals surface area contributed by atoms with E-state index in [2.05, 4.69) is 6.92 Å². The van der Waals surface area contributed by atoms with Gasteiger partial charge in [0, 0.05) is 17.3 Å². The minimum absolute atomic E-state index is 0.111. The van der Waals surface area contributed by atoms with E-state index in [1.807, 2.05) is 35.3 Å². The molecule has 1 unspecified atom stereocenters. The van der Waals surface area contributed by atoms with Crippen LogP contribution in [0.5, 0.6) is 0 Å². The molecule has 0 amide bonds. The monoisotopic (exact) mass is 194 g/mol. The largest absolute Gasteiger partial charge is 0.342 e. The standard InChI is InChI=1S/C6H10OS3/c1-5-4-10-6(7-5)8-2-3-9-6/h5H,2-4H2,1H3. The van der Waals surface area contributed by atoms with Crippen LogP contribution in [-0.4, -0.2) is 27.0 Å². The average Bonchev–Trinajstić information content (AvgIpc) is 2.46. The molecule has 2 saturated heterocycles. The first kappa shape index (κ1) is 7.65. The van der Waals surface area contributed by atoms with Gasteiger partial charge in [-0.2, -0.15) is 0 Å². The number of hydrogen-bond acceptors (Lipinski definition) is 4. The van der Waals surface area contributed by atoms with Crippen molar-refractivity contribution in [3.05, 3.63) is 0 Å². The van der Waals surface area contributed by atoms with Crippen LogP contribution in [0, 0.1) is 0 Å². The summed E-state index contributed by atoms with van der Waals surface area (Å²) in [5.41, 5.74) is 0. The molecule has 0 N–H and O–H groups in total. The molecule has 0 bridgehead atoms. The van der Waals surface area contributed by atoms with Crippen molar-refractivity contribution < 1.29 is 4.74 Å². The van der Waals surface area contributed by atoms with Gasteiger partial charge in [0.1, 0.15) is 0 Å². The lowest BCUT2D eigenvalue weighted by Crippen LogP contribution is -2.13. The van der Waals surface area contributed by atoms with Crippen LogP contribution in [-0.2, 0) is 4.74 Å². The Balaban J connectivity index is 2.03. The molecule has 0 aromatic rings. The number of rotatable bonds is 0. The van der Waals surface area contributed by atoms with Gasteiger partial charge < -0.3 is 4.74 Å². The van der Waals surface area contributed by atoms with Crippen molar-refractivity contribution in [2.75, 3.05) is 17.3 Å². The van der Waals surface area contributed by atoms with E-state index in [-0.39, 0.29) is 3.60 Å². The molecule has 2 fully saturated rings. The predicted octanol–water partition coefficient (Wildman–Crippen LogP) is 2.23. The van der Waals surface area contributed by atoms with Crippen LogP contribution in [0.15, 0.2) is 0 Å². The predicted molar refractivity (Wildman–Crippen MR) is 50.7 cm³/mol. The molecule has 1 spiro atoms. The summed E-state index contributed by atoms with van der Waals surface area (Å²) >= 11 is 5.88.